The number of nitrogens with one attached hydrogen (secondary N) is 4. The molecule has 5 heterocycles. The van der Waals surface area contributed by atoms with E-state index in [0.717, 1.165) is 29.2 Å². The van der Waals surface area contributed by atoms with E-state index in [-0.39, 0.29) is 0 Å². The van der Waals surface area contributed by atoms with Crippen molar-refractivity contribution in [3.63, 3.8) is 0 Å². The summed E-state index contributed by atoms with van der Waals surface area (Å²) < 4.78 is 0. The number of H-pyrrole nitrogens is 3. The molecule has 1 fully saturated rings. The van der Waals surface area contributed by atoms with E-state index in [9.17, 15) is 0 Å². The maximum atomic E-state index is 3.69. The molecule has 0 amide bonds. The monoisotopic (exact) mass is 370 g/mol. The Morgan fingerprint density at radius 2 is 1.25 bits per heavy atom. The summed E-state index contributed by atoms with van der Waals surface area (Å²) in [5.74, 6) is 0. The molecule has 28 heavy (non-hydrogen) atoms. The van der Waals surface area contributed by atoms with Crippen molar-refractivity contribution in [1.82, 2.24) is 20.3 Å². The van der Waals surface area contributed by atoms with Gasteiger partial charge in [-0.2, -0.15) is 0 Å². The van der Waals surface area contributed by atoms with Crippen LogP contribution in [0.1, 0.15) is 63.2 Å². The quantitative estimate of drug-likeness (QED) is 0.475. The summed E-state index contributed by atoms with van der Waals surface area (Å²) in [4.78, 5) is 10.7. The lowest BCUT2D eigenvalue weighted by atomic mass is 10.1. The van der Waals surface area contributed by atoms with Gasteiger partial charge in [0.1, 0.15) is 0 Å². The highest BCUT2D eigenvalue weighted by Gasteiger charge is 2.19. The van der Waals surface area contributed by atoms with Crippen molar-refractivity contribution in [2.24, 2.45) is 0 Å². The molecule has 2 aliphatic rings. The average Bonchev–Trinajstić information content (AvgIpc) is 3.49. The van der Waals surface area contributed by atoms with Gasteiger partial charge in [-0.05, 0) is 98.7 Å². The molecule has 0 radical (unpaired) electrons. The number of aromatic nitrogens is 3. The first-order chi connectivity index (χ1) is 13.5. The second-order valence-electron chi connectivity index (χ2n) is 7.96. The molecule has 1 saturated heterocycles. The predicted molar refractivity (Wildman–Crippen MR) is 116 cm³/mol. The van der Waals surface area contributed by atoms with E-state index in [2.05, 4.69) is 84.5 Å². The lowest BCUT2D eigenvalue weighted by Gasteiger charge is -2.09. The van der Waals surface area contributed by atoms with Gasteiger partial charge >= 0.3 is 0 Å². The molecule has 8 bridgehead atoms. The molecule has 0 atom stereocenters. The van der Waals surface area contributed by atoms with Crippen molar-refractivity contribution >= 4 is 22.3 Å². The fraction of sp³-hybridized carbons (Fsp3) is 0.250. The van der Waals surface area contributed by atoms with Gasteiger partial charge in [-0.15, -0.1) is 0 Å². The first kappa shape index (κ1) is 17.0. The molecule has 5 rings (SSSR count). The van der Waals surface area contributed by atoms with Crippen molar-refractivity contribution < 1.29 is 0 Å². The summed E-state index contributed by atoms with van der Waals surface area (Å²) >= 11 is 0. The Hall–Kier alpha value is -3.14. The number of aromatic amines is 3. The smallest absolute Gasteiger partial charge is 0.0435 e. The van der Waals surface area contributed by atoms with Gasteiger partial charge in [0.25, 0.3) is 0 Å². The maximum absolute atomic E-state index is 3.69. The zero-order valence-corrected chi connectivity index (χ0v) is 16.9. The molecule has 3 aromatic heterocycles. The van der Waals surface area contributed by atoms with Gasteiger partial charge < -0.3 is 20.3 Å². The van der Waals surface area contributed by atoms with Gasteiger partial charge in [-0.1, -0.05) is 0 Å². The molecule has 0 aliphatic carbocycles. The van der Waals surface area contributed by atoms with Crippen LogP contribution < -0.4 is 16.0 Å². The second-order valence-corrected chi connectivity index (χ2v) is 7.96. The van der Waals surface area contributed by atoms with E-state index in [4.69, 9.17) is 0 Å². The topological polar surface area (TPSA) is 59.4 Å². The second kappa shape index (κ2) is 6.20. The van der Waals surface area contributed by atoms with E-state index in [1.807, 2.05) is 0 Å². The Balaban J connectivity index is 1.81. The summed E-state index contributed by atoms with van der Waals surface area (Å²) in [6.45, 7) is 8.74. The molecule has 0 aromatic carbocycles. The predicted octanol–water partition coefficient (Wildman–Crippen LogP) is 3.97. The molecule has 0 saturated carbocycles. The average molecular weight is 371 g/mol. The fourth-order valence-electron chi connectivity index (χ4n) is 4.24. The zero-order valence-electron chi connectivity index (χ0n) is 16.9. The SMILES string of the molecule is CC1=C2CCC(=C(C)c3ccc([nH]3)C(C)=c3ccc([nH]3)=C(C)c3c[nH]c1c3)N2. The highest BCUT2D eigenvalue weighted by atomic mass is 14.9. The molecular weight excluding hydrogens is 344 g/mol. The van der Waals surface area contributed by atoms with Crippen LogP contribution in [0.5, 0.6) is 0 Å². The molecule has 0 spiro atoms. The van der Waals surface area contributed by atoms with Crippen LogP contribution >= 0.6 is 0 Å². The summed E-state index contributed by atoms with van der Waals surface area (Å²) in [5, 5.41) is 5.99. The summed E-state index contributed by atoms with van der Waals surface area (Å²) in [7, 11) is 0. The highest BCUT2D eigenvalue weighted by Crippen LogP contribution is 2.31. The maximum Gasteiger partial charge on any atom is 0.0435 e. The minimum atomic E-state index is 1.05. The van der Waals surface area contributed by atoms with Crippen LogP contribution in [-0.2, 0) is 0 Å². The third-order valence-corrected chi connectivity index (χ3v) is 6.34. The van der Waals surface area contributed by atoms with Crippen LogP contribution in [0.3, 0.4) is 0 Å². The third-order valence-electron chi connectivity index (χ3n) is 6.34. The summed E-state index contributed by atoms with van der Waals surface area (Å²) in [5.41, 5.74) is 12.4. The van der Waals surface area contributed by atoms with Crippen LogP contribution in [0.2, 0.25) is 0 Å². The Bertz CT molecular complexity index is 1170. The van der Waals surface area contributed by atoms with E-state index in [1.165, 1.54) is 50.6 Å². The molecule has 142 valence electrons. The van der Waals surface area contributed by atoms with Gasteiger partial charge in [0.2, 0.25) is 0 Å². The van der Waals surface area contributed by atoms with Crippen LogP contribution in [0, 0.1) is 0 Å². The molecule has 4 nitrogen and oxygen atoms in total. The van der Waals surface area contributed by atoms with Gasteiger partial charge in [0, 0.05) is 45.4 Å². The minimum absolute atomic E-state index is 1.05. The number of fused-ring (bicyclic) bond motifs is 8. The fourth-order valence-corrected chi connectivity index (χ4v) is 4.24. The van der Waals surface area contributed by atoms with Gasteiger partial charge in [-0.25, -0.2) is 0 Å². The molecule has 2 aliphatic heterocycles. The molecule has 0 unspecified atom stereocenters. The van der Waals surface area contributed by atoms with Crippen molar-refractivity contribution in [1.29, 1.82) is 0 Å². The lowest BCUT2D eigenvalue weighted by molar-refractivity contribution is 1.05. The Morgan fingerprint density at radius 1 is 0.643 bits per heavy atom. The van der Waals surface area contributed by atoms with Gasteiger partial charge in [-0.3, -0.25) is 0 Å². The number of hydrogen-bond acceptors (Lipinski definition) is 1. The first-order valence-electron chi connectivity index (χ1n) is 9.93. The Labute approximate surface area is 164 Å². The lowest BCUT2D eigenvalue weighted by Crippen LogP contribution is -2.14. The Morgan fingerprint density at radius 3 is 1.96 bits per heavy atom. The first-order valence-corrected chi connectivity index (χ1v) is 9.93. The highest BCUT2D eigenvalue weighted by molar-refractivity contribution is 5.74. The molecule has 4 N–H and O–H groups in total. The minimum Gasteiger partial charge on any atom is -0.362 e. The van der Waals surface area contributed by atoms with Crippen LogP contribution in [-0.4, -0.2) is 15.0 Å². The van der Waals surface area contributed by atoms with Gasteiger partial charge in [0.05, 0.1) is 0 Å². The van der Waals surface area contributed by atoms with Crippen molar-refractivity contribution in [3.8, 4) is 0 Å². The van der Waals surface area contributed by atoms with Crippen molar-refractivity contribution in [2.75, 3.05) is 0 Å². The number of rotatable bonds is 0. The largest absolute Gasteiger partial charge is 0.362 e. The van der Waals surface area contributed by atoms with Crippen LogP contribution in [0.25, 0.3) is 22.3 Å². The van der Waals surface area contributed by atoms with E-state index < -0.39 is 0 Å². The van der Waals surface area contributed by atoms with E-state index in [1.54, 1.807) is 0 Å². The van der Waals surface area contributed by atoms with Crippen LogP contribution in [0.15, 0.2) is 47.9 Å². The van der Waals surface area contributed by atoms with E-state index >= 15 is 0 Å². The van der Waals surface area contributed by atoms with Crippen molar-refractivity contribution in [2.45, 2.75) is 40.5 Å². The zero-order chi connectivity index (χ0) is 19.4. The standard InChI is InChI=1S/C24H26N4/c1-13-17-11-24(25-12-17)16(4)23-10-9-22(28-23)15(3)21-8-7-20(27-21)14(2)19-6-5-18(13)26-19/h5-8,11-12,25-28H,9-10H2,1-4H3. The molecule has 3 aromatic rings. The normalized spacial score (nSPS) is 16.9. The van der Waals surface area contributed by atoms with Crippen LogP contribution in [0.4, 0.5) is 0 Å². The summed E-state index contributed by atoms with van der Waals surface area (Å²) in [6, 6.07) is 11.0. The molecular formula is C24H26N4. The number of allylic oxidation sites excluding steroid dienone is 4. The summed E-state index contributed by atoms with van der Waals surface area (Å²) in [6.07, 6.45) is 4.21. The van der Waals surface area contributed by atoms with Crippen molar-refractivity contribution in [3.05, 3.63) is 81.3 Å². The Kier molecular flexibility index (Phi) is 3.76. The van der Waals surface area contributed by atoms with Gasteiger partial charge in [0.15, 0.2) is 0 Å². The van der Waals surface area contributed by atoms with E-state index in [0.29, 0.717) is 0 Å². The number of hydrogen-bond donors (Lipinski definition) is 4. The third kappa shape index (κ3) is 2.60. The molecule has 4 heteroatoms.